The monoisotopic (exact) mass is 428 g/mol. The van der Waals surface area contributed by atoms with Crippen molar-refractivity contribution < 1.29 is 4.79 Å². The molecule has 0 atom stereocenters. The normalized spacial score (nSPS) is 15.3. The first-order valence-electron chi connectivity index (χ1n) is 9.56. The fourth-order valence-electron chi connectivity index (χ4n) is 3.54. The molecule has 0 spiro atoms. The van der Waals surface area contributed by atoms with Gasteiger partial charge in [-0.1, -0.05) is 72.3 Å². The Labute approximate surface area is 183 Å². The average molecular weight is 429 g/mol. The van der Waals surface area contributed by atoms with Gasteiger partial charge in [0.1, 0.15) is 5.70 Å². The first-order valence-corrected chi connectivity index (χ1v) is 10.8. The number of hydrogen-bond acceptors (Lipinski definition) is 3. The first kappa shape index (κ1) is 18.8. The number of hydrogen-bond donors (Lipinski definition) is 0. The second-order valence-electron chi connectivity index (χ2n) is 7.10. The number of amides is 1. The molecule has 3 nitrogen and oxygen atoms in total. The molecule has 1 amide bonds. The maximum atomic E-state index is 13.4. The smallest absolute Gasteiger partial charge is 0.266 e. The fourth-order valence-corrected chi connectivity index (χ4v) is 5.04. The molecule has 0 unspecified atom stereocenters. The van der Waals surface area contributed by atoms with Crippen molar-refractivity contribution in [1.82, 2.24) is 0 Å². The molecule has 3 aromatic carbocycles. The molecule has 4 aromatic rings. The highest BCUT2D eigenvalue weighted by molar-refractivity contribution is 7.21. The number of carbonyl (C=O) groups excluding carboxylic acids is 1. The van der Waals surface area contributed by atoms with Gasteiger partial charge in [0.05, 0.1) is 15.6 Å². The lowest BCUT2D eigenvalue weighted by Crippen LogP contribution is -2.32. The number of amidine groups is 1. The molecule has 0 saturated heterocycles. The third-order valence-corrected chi connectivity index (χ3v) is 6.63. The van der Waals surface area contributed by atoms with E-state index in [0.717, 1.165) is 31.8 Å². The van der Waals surface area contributed by atoms with Crippen LogP contribution in [-0.2, 0) is 4.79 Å². The molecular weight excluding hydrogens is 412 g/mol. The molecule has 1 aliphatic rings. The number of carbonyl (C=O) groups is 1. The van der Waals surface area contributed by atoms with Crippen molar-refractivity contribution in [3.63, 3.8) is 0 Å². The predicted molar refractivity (Wildman–Crippen MR) is 126 cm³/mol. The summed E-state index contributed by atoms with van der Waals surface area (Å²) in [5.74, 6) is 0.409. The number of rotatable bonds is 3. The van der Waals surface area contributed by atoms with Gasteiger partial charge in [-0.05, 0) is 42.3 Å². The molecule has 0 bridgehead atoms. The number of nitrogens with zero attached hydrogens (tertiary/aromatic N) is 2. The topological polar surface area (TPSA) is 32.7 Å². The van der Waals surface area contributed by atoms with Crippen molar-refractivity contribution in [3.8, 4) is 0 Å². The summed E-state index contributed by atoms with van der Waals surface area (Å²) in [6.45, 7) is 2.01. The molecule has 146 valence electrons. The van der Waals surface area contributed by atoms with E-state index in [4.69, 9.17) is 16.6 Å². The van der Waals surface area contributed by atoms with Crippen LogP contribution in [0.25, 0.3) is 16.2 Å². The standard InChI is InChI=1S/C25H17ClN2OS/c1-16-8-7-11-18(14-16)28-24(23-22(26)19-12-5-6-13-21(19)30-23)27-20(25(28)29)15-17-9-3-2-4-10-17/h2-15H,1H3/b20-15+. The predicted octanol–water partition coefficient (Wildman–Crippen LogP) is 6.70. The molecule has 1 aromatic heterocycles. The van der Waals surface area contributed by atoms with E-state index in [1.54, 1.807) is 16.2 Å². The van der Waals surface area contributed by atoms with Crippen molar-refractivity contribution in [1.29, 1.82) is 0 Å². The van der Waals surface area contributed by atoms with Gasteiger partial charge >= 0.3 is 0 Å². The zero-order valence-electron chi connectivity index (χ0n) is 16.2. The number of aliphatic imine (C=N–C) groups is 1. The van der Waals surface area contributed by atoms with E-state index in [-0.39, 0.29) is 5.91 Å². The van der Waals surface area contributed by atoms with E-state index < -0.39 is 0 Å². The van der Waals surface area contributed by atoms with Crippen LogP contribution in [0.4, 0.5) is 5.69 Å². The van der Waals surface area contributed by atoms with Crippen LogP contribution in [0.5, 0.6) is 0 Å². The summed E-state index contributed by atoms with van der Waals surface area (Å²) < 4.78 is 1.07. The van der Waals surface area contributed by atoms with Crippen molar-refractivity contribution in [2.75, 3.05) is 4.90 Å². The molecule has 0 aliphatic carbocycles. The van der Waals surface area contributed by atoms with Crippen LogP contribution in [0.3, 0.4) is 0 Å². The third-order valence-electron chi connectivity index (χ3n) is 4.96. The lowest BCUT2D eigenvalue weighted by atomic mass is 10.1. The second-order valence-corrected chi connectivity index (χ2v) is 8.53. The third kappa shape index (κ3) is 3.24. The minimum atomic E-state index is -0.159. The molecule has 5 rings (SSSR count). The quantitative estimate of drug-likeness (QED) is 0.334. The van der Waals surface area contributed by atoms with E-state index in [2.05, 4.69) is 0 Å². The van der Waals surface area contributed by atoms with E-state index in [1.807, 2.05) is 91.9 Å². The van der Waals surface area contributed by atoms with E-state index >= 15 is 0 Å². The summed E-state index contributed by atoms with van der Waals surface area (Å²) >= 11 is 8.30. The van der Waals surface area contributed by atoms with Gasteiger partial charge in [-0.25, -0.2) is 4.99 Å². The Morgan fingerprint density at radius 2 is 1.73 bits per heavy atom. The Bertz CT molecular complexity index is 1340. The van der Waals surface area contributed by atoms with Crippen molar-refractivity contribution in [2.24, 2.45) is 4.99 Å². The molecule has 0 saturated carbocycles. The van der Waals surface area contributed by atoms with Crippen LogP contribution in [0.15, 0.2) is 89.6 Å². The number of anilines is 1. The van der Waals surface area contributed by atoms with Crippen LogP contribution in [-0.4, -0.2) is 11.7 Å². The summed E-state index contributed by atoms with van der Waals surface area (Å²) in [5.41, 5.74) is 3.18. The highest BCUT2D eigenvalue weighted by atomic mass is 35.5. The van der Waals surface area contributed by atoms with E-state index in [0.29, 0.717) is 16.6 Å². The van der Waals surface area contributed by atoms with Gasteiger partial charge in [-0.3, -0.25) is 9.69 Å². The van der Waals surface area contributed by atoms with Gasteiger partial charge in [0.25, 0.3) is 5.91 Å². The molecule has 0 fully saturated rings. The fraction of sp³-hybridized carbons (Fsp3) is 0.0400. The van der Waals surface area contributed by atoms with E-state index in [9.17, 15) is 4.79 Å². The zero-order chi connectivity index (χ0) is 20.7. The van der Waals surface area contributed by atoms with Gasteiger partial charge in [-0.15, -0.1) is 11.3 Å². The van der Waals surface area contributed by atoms with Gasteiger partial charge in [0.15, 0.2) is 5.84 Å². The molecule has 1 aliphatic heterocycles. The van der Waals surface area contributed by atoms with Crippen molar-refractivity contribution in [3.05, 3.63) is 106 Å². The van der Waals surface area contributed by atoms with Crippen LogP contribution < -0.4 is 4.90 Å². The summed E-state index contributed by atoms with van der Waals surface area (Å²) in [6.07, 6.45) is 1.82. The molecule has 0 radical (unpaired) electrons. The summed E-state index contributed by atoms with van der Waals surface area (Å²) in [7, 11) is 0. The van der Waals surface area contributed by atoms with Gasteiger partial charge in [0.2, 0.25) is 0 Å². The van der Waals surface area contributed by atoms with Crippen molar-refractivity contribution >= 4 is 56.5 Å². The highest BCUT2D eigenvalue weighted by Crippen LogP contribution is 2.39. The van der Waals surface area contributed by atoms with E-state index in [1.165, 1.54) is 0 Å². The Morgan fingerprint density at radius 3 is 2.50 bits per heavy atom. The van der Waals surface area contributed by atoms with Crippen LogP contribution >= 0.6 is 22.9 Å². The Hall–Kier alpha value is -3.21. The number of fused-ring (bicyclic) bond motifs is 1. The summed E-state index contributed by atoms with van der Waals surface area (Å²) in [5, 5.41) is 1.60. The van der Waals surface area contributed by atoms with Crippen molar-refractivity contribution in [2.45, 2.75) is 6.92 Å². The number of thiophene rings is 1. The van der Waals surface area contributed by atoms with Gasteiger partial charge in [0, 0.05) is 10.1 Å². The summed E-state index contributed by atoms with van der Waals surface area (Å²) in [4.78, 5) is 20.7. The van der Waals surface area contributed by atoms with Gasteiger partial charge in [-0.2, -0.15) is 0 Å². The number of halogens is 1. The average Bonchev–Trinajstić information content (AvgIpc) is 3.26. The highest BCUT2D eigenvalue weighted by Gasteiger charge is 2.34. The number of aryl methyl sites for hydroxylation is 1. The van der Waals surface area contributed by atoms with Gasteiger partial charge < -0.3 is 0 Å². The lowest BCUT2D eigenvalue weighted by Gasteiger charge is -2.18. The van der Waals surface area contributed by atoms with Crippen LogP contribution in [0, 0.1) is 6.92 Å². The van der Waals surface area contributed by atoms with Crippen LogP contribution in [0.2, 0.25) is 5.02 Å². The Balaban J connectivity index is 1.70. The maximum absolute atomic E-state index is 13.4. The molecule has 2 heterocycles. The second kappa shape index (κ2) is 7.56. The molecule has 0 N–H and O–H groups in total. The molecular formula is C25H17ClN2OS. The molecule has 30 heavy (non-hydrogen) atoms. The molecule has 5 heteroatoms. The minimum Gasteiger partial charge on any atom is -0.266 e. The lowest BCUT2D eigenvalue weighted by molar-refractivity contribution is -0.113. The zero-order valence-corrected chi connectivity index (χ0v) is 17.7. The Kier molecular flexibility index (Phi) is 4.74. The maximum Gasteiger partial charge on any atom is 0.282 e. The SMILES string of the molecule is Cc1cccc(N2C(=O)/C(=C\c3ccccc3)N=C2c2sc3ccccc3c2Cl)c1. The minimum absolute atomic E-state index is 0.159. The summed E-state index contributed by atoms with van der Waals surface area (Å²) in [6, 6.07) is 25.6. The van der Waals surface area contributed by atoms with Crippen LogP contribution in [0.1, 0.15) is 16.0 Å². The Morgan fingerprint density at radius 1 is 0.967 bits per heavy atom. The first-order chi connectivity index (χ1) is 14.6. The number of benzene rings is 3. The largest absolute Gasteiger partial charge is 0.282 e.